The van der Waals surface area contributed by atoms with Crippen LogP contribution in [-0.2, 0) is 5.88 Å². The monoisotopic (exact) mass is 286 g/mol. The predicted octanol–water partition coefficient (Wildman–Crippen LogP) is 4.23. The summed E-state index contributed by atoms with van der Waals surface area (Å²) in [5.41, 5.74) is 1.64. The number of benzene rings is 1. The summed E-state index contributed by atoms with van der Waals surface area (Å²) in [6.45, 7) is 2.15. The normalized spacial score (nSPS) is 13.1. The molecule has 1 heterocycles. The van der Waals surface area contributed by atoms with Gasteiger partial charge in [-0.05, 0) is 37.5 Å². The zero-order valence-corrected chi connectivity index (χ0v) is 12.1. The number of nitrogens with zero attached hydrogens (tertiary/aromatic N) is 2. The molecule has 0 bridgehead atoms. The van der Waals surface area contributed by atoms with Crippen LogP contribution >= 0.6 is 23.4 Å². The highest BCUT2D eigenvalue weighted by molar-refractivity contribution is 7.98. The van der Waals surface area contributed by atoms with Gasteiger partial charge in [-0.15, -0.1) is 11.6 Å². The number of halogens is 2. The Morgan fingerprint density at radius 1 is 1.50 bits per heavy atom. The number of hydrogen-bond donors (Lipinski definition) is 0. The van der Waals surface area contributed by atoms with E-state index in [1.165, 1.54) is 12.1 Å². The molecule has 1 atom stereocenters. The summed E-state index contributed by atoms with van der Waals surface area (Å²) in [6.07, 6.45) is 3.14. The molecule has 1 unspecified atom stereocenters. The summed E-state index contributed by atoms with van der Waals surface area (Å²) < 4.78 is 15.3. The van der Waals surface area contributed by atoms with Gasteiger partial charge in [0.1, 0.15) is 11.6 Å². The Morgan fingerprint density at radius 3 is 2.94 bits per heavy atom. The lowest BCUT2D eigenvalue weighted by molar-refractivity contribution is 0.534. The van der Waals surface area contributed by atoms with Crippen LogP contribution in [0.4, 0.5) is 4.39 Å². The summed E-state index contributed by atoms with van der Waals surface area (Å²) in [5.74, 6) is 1.99. The van der Waals surface area contributed by atoms with Gasteiger partial charge in [-0.2, -0.15) is 11.8 Å². The zero-order chi connectivity index (χ0) is 13.1. The maximum absolute atomic E-state index is 13.2. The van der Waals surface area contributed by atoms with E-state index in [9.17, 15) is 4.39 Å². The Balaban J connectivity index is 2.46. The van der Waals surface area contributed by atoms with E-state index in [1.54, 1.807) is 6.07 Å². The summed E-state index contributed by atoms with van der Waals surface area (Å²) in [7, 11) is 0. The van der Waals surface area contributed by atoms with E-state index in [2.05, 4.69) is 22.7 Å². The number of aromatic nitrogens is 2. The van der Waals surface area contributed by atoms with Crippen molar-refractivity contribution in [2.24, 2.45) is 0 Å². The Labute approximate surface area is 116 Å². The molecule has 5 heteroatoms. The van der Waals surface area contributed by atoms with Crippen molar-refractivity contribution in [3.8, 4) is 0 Å². The molecule has 0 aliphatic rings. The van der Waals surface area contributed by atoms with Crippen LogP contribution in [-0.4, -0.2) is 21.6 Å². The largest absolute Gasteiger partial charge is 0.324 e. The van der Waals surface area contributed by atoms with Crippen LogP contribution in [0.5, 0.6) is 0 Å². The van der Waals surface area contributed by atoms with Crippen LogP contribution in [0.1, 0.15) is 25.2 Å². The molecule has 0 aliphatic heterocycles. The van der Waals surface area contributed by atoms with Gasteiger partial charge in [-0.1, -0.05) is 0 Å². The van der Waals surface area contributed by atoms with E-state index in [4.69, 9.17) is 11.6 Å². The van der Waals surface area contributed by atoms with Gasteiger partial charge in [-0.25, -0.2) is 9.37 Å². The van der Waals surface area contributed by atoms with Crippen LogP contribution in [0.15, 0.2) is 18.2 Å². The summed E-state index contributed by atoms with van der Waals surface area (Å²) in [5, 5.41) is 0. The molecule has 0 N–H and O–H groups in total. The van der Waals surface area contributed by atoms with Gasteiger partial charge in [0, 0.05) is 12.1 Å². The van der Waals surface area contributed by atoms with Crippen LogP contribution in [0.25, 0.3) is 11.0 Å². The summed E-state index contributed by atoms with van der Waals surface area (Å²) in [4.78, 5) is 4.41. The molecule has 2 rings (SSSR count). The van der Waals surface area contributed by atoms with Gasteiger partial charge < -0.3 is 4.57 Å². The van der Waals surface area contributed by atoms with Crippen molar-refractivity contribution in [2.75, 3.05) is 12.0 Å². The second kappa shape index (κ2) is 5.93. The summed E-state index contributed by atoms with van der Waals surface area (Å²) in [6, 6.07) is 5.04. The molecule has 0 radical (unpaired) electrons. The lowest BCUT2D eigenvalue weighted by Crippen LogP contribution is -2.09. The average Bonchev–Trinajstić information content (AvgIpc) is 2.73. The number of imidazole rings is 1. The number of thioether (sulfide) groups is 1. The fourth-order valence-corrected chi connectivity index (χ4v) is 2.89. The molecule has 0 amide bonds. The Kier molecular flexibility index (Phi) is 4.51. The van der Waals surface area contributed by atoms with Gasteiger partial charge in [0.25, 0.3) is 0 Å². The SMILES string of the molecule is CSCCC(C)n1c(CCl)nc2cc(F)ccc21. The van der Waals surface area contributed by atoms with Gasteiger partial charge in [0.05, 0.1) is 16.9 Å². The van der Waals surface area contributed by atoms with Gasteiger partial charge >= 0.3 is 0 Å². The molecule has 0 saturated heterocycles. The third kappa shape index (κ3) is 2.64. The summed E-state index contributed by atoms with van der Waals surface area (Å²) >= 11 is 7.76. The predicted molar refractivity (Wildman–Crippen MR) is 77.0 cm³/mol. The van der Waals surface area contributed by atoms with Gasteiger partial charge in [0.15, 0.2) is 0 Å². The highest BCUT2D eigenvalue weighted by Crippen LogP contribution is 2.25. The number of hydrogen-bond acceptors (Lipinski definition) is 2. The zero-order valence-electron chi connectivity index (χ0n) is 10.5. The van der Waals surface area contributed by atoms with Gasteiger partial charge in [-0.3, -0.25) is 0 Å². The first-order valence-electron chi connectivity index (χ1n) is 5.88. The molecule has 1 aromatic heterocycles. The van der Waals surface area contributed by atoms with Gasteiger partial charge in [0.2, 0.25) is 0 Å². The van der Waals surface area contributed by atoms with Crippen LogP contribution in [0.3, 0.4) is 0 Å². The third-order valence-corrected chi connectivity index (χ3v) is 3.91. The quantitative estimate of drug-likeness (QED) is 0.766. The Morgan fingerprint density at radius 2 is 2.28 bits per heavy atom. The molecular weight excluding hydrogens is 271 g/mol. The second-order valence-corrected chi connectivity index (χ2v) is 5.55. The third-order valence-electron chi connectivity index (χ3n) is 3.02. The fourth-order valence-electron chi connectivity index (χ4n) is 2.13. The minimum Gasteiger partial charge on any atom is -0.324 e. The molecule has 0 aliphatic carbocycles. The molecule has 1 aromatic carbocycles. The highest BCUT2D eigenvalue weighted by Gasteiger charge is 2.15. The first-order valence-corrected chi connectivity index (χ1v) is 7.81. The van der Waals surface area contributed by atoms with E-state index in [0.717, 1.165) is 23.5 Å². The highest BCUT2D eigenvalue weighted by atomic mass is 35.5. The second-order valence-electron chi connectivity index (χ2n) is 4.30. The lowest BCUT2D eigenvalue weighted by atomic mass is 10.2. The minimum atomic E-state index is -0.259. The van der Waals surface area contributed by atoms with E-state index < -0.39 is 0 Å². The fraction of sp³-hybridized carbons (Fsp3) is 0.462. The van der Waals surface area contributed by atoms with Crippen LogP contribution in [0, 0.1) is 5.82 Å². The molecule has 2 nitrogen and oxygen atoms in total. The number of alkyl halides is 1. The van der Waals surface area contributed by atoms with E-state index >= 15 is 0 Å². The van der Waals surface area contributed by atoms with Crippen molar-refractivity contribution in [2.45, 2.75) is 25.3 Å². The lowest BCUT2D eigenvalue weighted by Gasteiger charge is -2.16. The average molecular weight is 287 g/mol. The maximum atomic E-state index is 13.2. The number of fused-ring (bicyclic) bond motifs is 1. The van der Waals surface area contributed by atoms with E-state index in [0.29, 0.717) is 17.4 Å². The molecular formula is C13H16ClFN2S. The standard InChI is InChI=1S/C13H16ClFN2S/c1-9(5-6-18-2)17-12-4-3-10(15)7-11(12)16-13(17)8-14/h3-4,7,9H,5-6,8H2,1-2H3. The molecule has 0 saturated carbocycles. The van der Waals surface area contributed by atoms with Crippen molar-refractivity contribution >= 4 is 34.4 Å². The minimum absolute atomic E-state index is 0.259. The molecule has 2 aromatic rings. The smallest absolute Gasteiger partial charge is 0.125 e. The van der Waals surface area contributed by atoms with E-state index in [1.807, 2.05) is 11.8 Å². The van der Waals surface area contributed by atoms with Crippen LogP contribution < -0.4 is 0 Å². The molecule has 18 heavy (non-hydrogen) atoms. The van der Waals surface area contributed by atoms with Crippen molar-refractivity contribution in [1.29, 1.82) is 0 Å². The topological polar surface area (TPSA) is 17.8 Å². The first kappa shape index (κ1) is 13.7. The Hall–Kier alpha value is -0.740. The molecule has 0 spiro atoms. The maximum Gasteiger partial charge on any atom is 0.125 e. The van der Waals surface area contributed by atoms with Crippen LogP contribution in [0.2, 0.25) is 0 Å². The van der Waals surface area contributed by atoms with Crippen molar-refractivity contribution < 1.29 is 4.39 Å². The van der Waals surface area contributed by atoms with Crippen molar-refractivity contribution in [1.82, 2.24) is 9.55 Å². The Bertz CT molecular complexity index is 541. The first-order chi connectivity index (χ1) is 8.67. The number of rotatable bonds is 5. The van der Waals surface area contributed by atoms with Crippen molar-refractivity contribution in [3.63, 3.8) is 0 Å². The van der Waals surface area contributed by atoms with Crippen molar-refractivity contribution in [3.05, 3.63) is 29.8 Å². The van der Waals surface area contributed by atoms with E-state index in [-0.39, 0.29) is 5.82 Å². The molecule has 0 fully saturated rings. The molecule has 98 valence electrons.